The third-order valence-electron chi connectivity index (χ3n) is 2.17. The number of carbonyl (C=O) groups is 1. The number of hydrogen-bond donors (Lipinski definition) is 1. The molecule has 2 rings (SSSR count). The first-order valence-corrected chi connectivity index (χ1v) is 6.23. The lowest BCUT2D eigenvalue weighted by atomic mass is 10.3. The summed E-state index contributed by atoms with van der Waals surface area (Å²) in [7, 11) is 0. The van der Waals surface area contributed by atoms with E-state index < -0.39 is 0 Å². The third-order valence-corrected chi connectivity index (χ3v) is 3.08. The summed E-state index contributed by atoms with van der Waals surface area (Å²) in [6, 6.07) is 5.65. The van der Waals surface area contributed by atoms with Gasteiger partial charge in [0.1, 0.15) is 5.01 Å². The molecule has 0 aliphatic rings. The summed E-state index contributed by atoms with van der Waals surface area (Å²) < 4.78 is 0. The molecule has 5 heteroatoms. The minimum Gasteiger partial charge on any atom is -0.345 e. The summed E-state index contributed by atoms with van der Waals surface area (Å²) in [6.45, 7) is 0.246. The Morgan fingerprint density at radius 2 is 2.39 bits per heavy atom. The van der Waals surface area contributed by atoms with E-state index in [1.165, 1.54) is 11.3 Å². The van der Waals surface area contributed by atoms with Crippen LogP contribution >= 0.6 is 11.3 Å². The Hall–Kier alpha value is -2.19. The number of hydrogen-bond acceptors (Lipinski definition) is 4. The zero-order valence-electron chi connectivity index (χ0n) is 9.59. The highest BCUT2D eigenvalue weighted by molar-refractivity contribution is 7.13. The molecule has 0 fully saturated rings. The molecular weight excluding hydrogens is 246 g/mol. The van der Waals surface area contributed by atoms with Gasteiger partial charge in [-0.2, -0.15) is 0 Å². The zero-order valence-corrected chi connectivity index (χ0v) is 10.4. The summed E-state index contributed by atoms with van der Waals surface area (Å²) in [4.78, 5) is 20.0. The molecule has 4 nitrogen and oxygen atoms in total. The first kappa shape index (κ1) is 12.3. The van der Waals surface area contributed by atoms with Gasteiger partial charge in [0.2, 0.25) is 5.91 Å². The number of nitrogens with zero attached hydrogens (tertiary/aromatic N) is 2. The Bertz CT molecular complexity index is 571. The van der Waals surface area contributed by atoms with Crippen molar-refractivity contribution >= 4 is 17.2 Å². The van der Waals surface area contributed by atoms with Crippen molar-refractivity contribution < 1.29 is 4.79 Å². The summed E-state index contributed by atoms with van der Waals surface area (Å²) in [5, 5.41) is 5.28. The SMILES string of the molecule is C#CCNC(=O)Cc1csc(-c2ccccn2)n1. The van der Waals surface area contributed by atoms with E-state index in [4.69, 9.17) is 6.42 Å². The smallest absolute Gasteiger partial charge is 0.226 e. The van der Waals surface area contributed by atoms with Crippen LogP contribution in [0.5, 0.6) is 0 Å². The Kier molecular flexibility index (Phi) is 4.05. The molecule has 2 aromatic heterocycles. The van der Waals surface area contributed by atoms with E-state index in [0.717, 1.165) is 16.4 Å². The van der Waals surface area contributed by atoms with Crippen molar-refractivity contribution in [3.63, 3.8) is 0 Å². The van der Waals surface area contributed by atoms with E-state index in [-0.39, 0.29) is 18.9 Å². The first-order chi connectivity index (χ1) is 8.79. The molecule has 18 heavy (non-hydrogen) atoms. The maximum atomic E-state index is 11.5. The second-order valence-electron chi connectivity index (χ2n) is 3.52. The summed E-state index contributed by atoms with van der Waals surface area (Å²) in [5.74, 6) is 2.24. The lowest BCUT2D eigenvalue weighted by Gasteiger charge is -1.98. The number of carbonyl (C=O) groups excluding carboxylic acids is 1. The van der Waals surface area contributed by atoms with Crippen LogP contribution in [-0.2, 0) is 11.2 Å². The summed E-state index contributed by atoms with van der Waals surface area (Å²) in [6.07, 6.45) is 7.02. The highest BCUT2D eigenvalue weighted by atomic mass is 32.1. The molecule has 1 N–H and O–H groups in total. The Balaban J connectivity index is 2.03. The predicted molar refractivity (Wildman–Crippen MR) is 70.9 cm³/mol. The van der Waals surface area contributed by atoms with E-state index >= 15 is 0 Å². The molecule has 0 aliphatic heterocycles. The van der Waals surface area contributed by atoms with Crippen molar-refractivity contribution in [1.82, 2.24) is 15.3 Å². The molecule has 90 valence electrons. The molecule has 2 heterocycles. The van der Waals surface area contributed by atoms with Gasteiger partial charge in [-0.1, -0.05) is 12.0 Å². The van der Waals surface area contributed by atoms with E-state index in [9.17, 15) is 4.79 Å². The molecule has 0 aromatic carbocycles. The second kappa shape index (κ2) is 5.94. The summed E-state index contributed by atoms with van der Waals surface area (Å²) in [5.41, 5.74) is 1.55. The Morgan fingerprint density at radius 3 is 3.11 bits per heavy atom. The highest BCUT2D eigenvalue weighted by Crippen LogP contribution is 2.21. The predicted octanol–water partition coefficient (Wildman–Crippen LogP) is 1.50. The van der Waals surface area contributed by atoms with Gasteiger partial charge in [-0.3, -0.25) is 9.78 Å². The first-order valence-electron chi connectivity index (χ1n) is 5.35. The van der Waals surface area contributed by atoms with E-state index in [2.05, 4.69) is 21.2 Å². The molecule has 0 radical (unpaired) electrons. The number of aromatic nitrogens is 2. The number of rotatable bonds is 4. The molecular formula is C13H11N3OS. The fourth-order valence-corrected chi connectivity index (χ4v) is 2.17. The van der Waals surface area contributed by atoms with Crippen molar-refractivity contribution in [1.29, 1.82) is 0 Å². The van der Waals surface area contributed by atoms with Crippen LogP contribution < -0.4 is 5.32 Å². The van der Waals surface area contributed by atoms with E-state index in [0.29, 0.717) is 0 Å². The van der Waals surface area contributed by atoms with Crippen molar-refractivity contribution in [2.24, 2.45) is 0 Å². The molecule has 0 bridgehead atoms. The zero-order chi connectivity index (χ0) is 12.8. The maximum absolute atomic E-state index is 11.5. The fourth-order valence-electron chi connectivity index (χ4n) is 1.37. The van der Waals surface area contributed by atoms with Crippen LogP contribution in [0.1, 0.15) is 5.69 Å². The normalized spacial score (nSPS) is 9.72. The minimum atomic E-state index is -0.120. The van der Waals surface area contributed by atoms with Gasteiger partial charge in [0.05, 0.1) is 24.4 Å². The lowest BCUT2D eigenvalue weighted by Crippen LogP contribution is -2.25. The minimum absolute atomic E-state index is 0.120. The lowest BCUT2D eigenvalue weighted by molar-refractivity contribution is -0.120. The van der Waals surface area contributed by atoms with Gasteiger partial charge in [-0.05, 0) is 12.1 Å². The van der Waals surface area contributed by atoms with E-state index in [1.54, 1.807) is 6.20 Å². The van der Waals surface area contributed by atoms with Gasteiger partial charge in [-0.15, -0.1) is 17.8 Å². The fraction of sp³-hybridized carbons (Fsp3) is 0.154. The molecule has 0 aliphatic carbocycles. The van der Waals surface area contributed by atoms with Crippen LogP contribution in [0.15, 0.2) is 29.8 Å². The third kappa shape index (κ3) is 3.15. The quantitative estimate of drug-likeness (QED) is 0.844. The summed E-state index contributed by atoms with van der Waals surface area (Å²) >= 11 is 1.47. The number of terminal acetylenes is 1. The molecule has 0 saturated carbocycles. The largest absolute Gasteiger partial charge is 0.345 e. The molecule has 0 atom stereocenters. The monoisotopic (exact) mass is 257 g/mol. The van der Waals surface area contributed by atoms with Gasteiger partial charge < -0.3 is 5.32 Å². The van der Waals surface area contributed by atoms with Crippen LogP contribution in [0.25, 0.3) is 10.7 Å². The Labute approximate surface area is 109 Å². The van der Waals surface area contributed by atoms with Crippen LogP contribution in [0, 0.1) is 12.3 Å². The van der Waals surface area contributed by atoms with Gasteiger partial charge >= 0.3 is 0 Å². The molecule has 0 spiro atoms. The van der Waals surface area contributed by atoms with Crippen molar-refractivity contribution in [2.45, 2.75) is 6.42 Å². The molecule has 0 unspecified atom stereocenters. The number of thiazole rings is 1. The standard InChI is InChI=1S/C13H11N3OS/c1-2-6-15-12(17)8-10-9-18-13(16-10)11-5-3-4-7-14-11/h1,3-5,7,9H,6,8H2,(H,15,17). The molecule has 1 amide bonds. The maximum Gasteiger partial charge on any atom is 0.226 e. The van der Waals surface area contributed by atoms with Gasteiger partial charge in [0.15, 0.2) is 0 Å². The van der Waals surface area contributed by atoms with Crippen LogP contribution in [-0.4, -0.2) is 22.4 Å². The van der Waals surface area contributed by atoms with Gasteiger partial charge in [-0.25, -0.2) is 4.98 Å². The van der Waals surface area contributed by atoms with Crippen molar-refractivity contribution in [3.8, 4) is 23.0 Å². The van der Waals surface area contributed by atoms with Crippen LogP contribution in [0.3, 0.4) is 0 Å². The van der Waals surface area contributed by atoms with Gasteiger partial charge in [0.25, 0.3) is 0 Å². The van der Waals surface area contributed by atoms with Crippen LogP contribution in [0.4, 0.5) is 0 Å². The van der Waals surface area contributed by atoms with Gasteiger partial charge in [0, 0.05) is 11.6 Å². The van der Waals surface area contributed by atoms with Crippen molar-refractivity contribution in [2.75, 3.05) is 6.54 Å². The van der Waals surface area contributed by atoms with E-state index in [1.807, 2.05) is 23.6 Å². The molecule has 2 aromatic rings. The average molecular weight is 257 g/mol. The Morgan fingerprint density at radius 1 is 1.50 bits per heavy atom. The number of amides is 1. The molecule has 0 saturated heterocycles. The second-order valence-corrected chi connectivity index (χ2v) is 4.37. The number of pyridine rings is 1. The highest BCUT2D eigenvalue weighted by Gasteiger charge is 2.08. The van der Waals surface area contributed by atoms with Crippen LogP contribution in [0.2, 0.25) is 0 Å². The number of nitrogens with one attached hydrogen (secondary N) is 1. The topological polar surface area (TPSA) is 54.9 Å². The van der Waals surface area contributed by atoms with Crippen molar-refractivity contribution in [3.05, 3.63) is 35.5 Å². The average Bonchev–Trinajstić information content (AvgIpc) is 2.86.